The van der Waals surface area contributed by atoms with Crippen LogP contribution < -0.4 is 19.5 Å². The second kappa shape index (κ2) is 10.1. The first-order valence-corrected chi connectivity index (χ1v) is 9.59. The molecule has 3 aromatic rings. The van der Waals surface area contributed by atoms with Gasteiger partial charge in [0.05, 0.1) is 38.0 Å². The van der Waals surface area contributed by atoms with Crippen molar-refractivity contribution in [2.45, 2.75) is 0 Å². The summed E-state index contributed by atoms with van der Waals surface area (Å²) in [5.74, 6) is 0.890. The highest BCUT2D eigenvalue weighted by molar-refractivity contribution is 6.29. The fraction of sp³-hybridized carbons (Fsp3) is 0.125. The molecule has 0 heterocycles. The van der Waals surface area contributed by atoms with E-state index in [1.807, 2.05) is 36.4 Å². The average molecular weight is 434 g/mol. The second-order valence-electron chi connectivity index (χ2n) is 6.63. The van der Waals surface area contributed by atoms with Gasteiger partial charge in [0, 0.05) is 11.6 Å². The van der Waals surface area contributed by atoms with Gasteiger partial charge < -0.3 is 19.5 Å². The van der Waals surface area contributed by atoms with E-state index in [4.69, 9.17) is 14.2 Å². The van der Waals surface area contributed by atoms with Crippen molar-refractivity contribution in [3.8, 4) is 17.2 Å². The number of nitrogens with zero attached hydrogens (tertiary/aromatic N) is 1. The number of nitro benzene ring substituents is 1. The Morgan fingerprint density at radius 1 is 0.875 bits per heavy atom. The molecular weight excluding hydrogens is 412 g/mol. The number of carbonyl (C=O) groups is 1. The number of non-ortho nitro benzene ring substituents is 1. The minimum atomic E-state index is -0.527. The van der Waals surface area contributed by atoms with Gasteiger partial charge in [-0.25, -0.2) is 0 Å². The molecule has 0 radical (unpaired) electrons. The molecule has 1 amide bonds. The summed E-state index contributed by atoms with van der Waals surface area (Å²) < 4.78 is 15.9. The number of anilines is 1. The molecular formula is C24H22N2O6. The summed E-state index contributed by atoms with van der Waals surface area (Å²) in [7, 11) is 4.47. The fourth-order valence-corrected chi connectivity index (χ4v) is 3.09. The monoisotopic (exact) mass is 434 g/mol. The smallest absolute Gasteiger partial charge is 0.273 e. The summed E-state index contributed by atoms with van der Waals surface area (Å²) in [6.45, 7) is 0. The second-order valence-corrected chi connectivity index (χ2v) is 6.63. The molecule has 0 aliphatic heterocycles. The molecule has 0 bridgehead atoms. The molecule has 0 aromatic heterocycles. The highest BCUT2D eigenvalue weighted by Crippen LogP contribution is 2.32. The molecule has 1 N–H and O–H groups in total. The van der Waals surface area contributed by atoms with Gasteiger partial charge in [0.25, 0.3) is 11.6 Å². The van der Waals surface area contributed by atoms with Gasteiger partial charge in [-0.15, -0.1) is 0 Å². The molecule has 8 nitrogen and oxygen atoms in total. The fourth-order valence-electron chi connectivity index (χ4n) is 3.09. The molecule has 0 atom stereocenters. The van der Waals surface area contributed by atoms with Crippen molar-refractivity contribution < 1.29 is 23.9 Å². The van der Waals surface area contributed by atoms with Crippen LogP contribution in [0.4, 0.5) is 11.4 Å². The molecule has 164 valence electrons. The van der Waals surface area contributed by atoms with Crippen LogP contribution >= 0.6 is 0 Å². The Labute approximate surface area is 185 Å². The number of rotatable bonds is 8. The van der Waals surface area contributed by atoms with Gasteiger partial charge in [-0.3, -0.25) is 14.9 Å². The maximum atomic E-state index is 13.3. The highest BCUT2D eigenvalue weighted by Gasteiger charge is 2.17. The molecule has 32 heavy (non-hydrogen) atoms. The van der Waals surface area contributed by atoms with E-state index in [9.17, 15) is 14.9 Å². The maximum Gasteiger partial charge on any atom is 0.273 e. The Balaban J connectivity index is 2.01. The third-order valence-electron chi connectivity index (χ3n) is 4.69. The number of amides is 1. The van der Waals surface area contributed by atoms with Crippen molar-refractivity contribution in [1.82, 2.24) is 0 Å². The number of ether oxygens (including phenoxy) is 3. The molecule has 0 saturated carbocycles. The van der Waals surface area contributed by atoms with Crippen LogP contribution in [0.2, 0.25) is 0 Å². The number of hydrogen-bond donors (Lipinski definition) is 1. The minimum Gasteiger partial charge on any atom is -0.494 e. The lowest BCUT2D eigenvalue weighted by Crippen LogP contribution is -2.14. The first-order valence-electron chi connectivity index (χ1n) is 9.59. The van der Waals surface area contributed by atoms with Crippen LogP contribution in [0.1, 0.15) is 11.1 Å². The van der Waals surface area contributed by atoms with Crippen LogP contribution in [0.25, 0.3) is 11.6 Å². The molecule has 8 heteroatoms. The summed E-state index contributed by atoms with van der Waals surface area (Å²) in [6.07, 6.45) is 1.73. The summed E-state index contributed by atoms with van der Waals surface area (Å²) in [5.41, 5.74) is 1.99. The molecule has 0 aliphatic rings. The van der Waals surface area contributed by atoms with Crippen LogP contribution in [0, 0.1) is 10.1 Å². The van der Waals surface area contributed by atoms with E-state index in [-0.39, 0.29) is 11.4 Å². The Hall–Kier alpha value is -4.33. The Bertz CT molecular complexity index is 1160. The Kier molecular flexibility index (Phi) is 7.07. The first kappa shape index (κ1) is 22.4. The van der Waals surface area contributed by atoms with Crippen LogP contribution in [0.5, 0.6) is 17.2 Å². The van der Waals surface area contributed by atoms with E-state index in [0.29, 0.717) is 28.3 Å². The van der Waals surface area contributed by atoms with E-state index in [2.05, 4.69) is 5.32 Å². The zero-order valence-electron chi connectivity index (χ0n) is 17.8. The van der Waals surface area contributed by atoms with Crippen LogP contribution in [-0.4, -0.2) is 32.2 Å². The highest BCUT2D eigenvalue weighted by atomic mass is 16.6. The van der Waals surface area contributed by atoms with Crippen molar-refractivity contribution in [3.63, 3.8) is 0 Å². The van der Waals surface area contributed by atoms with E-state index in [1.165, 1.54) is 32.4 Å². The minimum absolute atomic E-state index is 0.135. The van der Waals surface area contributed by atoms with E-state index in [1.54, 1.807) is 25.3 Å². The van der Waals surface area contributed by atoms with Crippen LogP contribution in [0.3, 0.4) is 0 Å². The lowest BCUT2D eigenvalue weighted by atomic mass is 10.0. The summed E-state index contributed by atoms with van der Waals surface area (Å²) in [4.78, 5) is 23.8. The van der Waals surface area contributed by atoms with Crippen molar-refractivity contribution in [1.29, 1.82) is 0 Å². The normalized spacial score (nSPS) is 10.9. The molecule has 0 fully saturated rings. The van der Waals surface area contributed by atoms with Gasteiger partial charge in [0.15, 0.2) is 11.5 Å². The first-order chi connectivity index (χ1) is 15.5. The molecule has 0 unspecified atom stereocenters. The number of benzene rings is 3. The molecule has 0 aliphatic carbocycles. The van der Waals surface area contributed by atoms with Crippen LogP contribution in [-0.2, 0) is 4.79 Å². The summed E-state index contributed by atoms with van der Waals surface area (Å²) >= 11 is 0. The van der Waals surface area contributed by atoms with E-state index in [0.717, 1.165) is 5.56 Å². The lowest BCUT2D eigenvalue weighted by molar-refractivity contribution is -0.384. The molecule has 0 saturated heterocycles. The number of nitro groups is 1. The zero-order chi connectivity index (χ0) is 23.1. The standard InChI is InChI=1S/C24H22N2O6/c1-30-21-12-9-16(14-23(21)32-3)13-19(17-7-5-4-6-8-17)24(27)25-20-11-10-18(26(28)29)15-22(20)31-2/h4-15H,1-3H3,(H,25,27)/b19-13+. The largest absolute Gasteiger partial charge is 0.494 e. The SMILES string of the molecule is COc1cc([N+](=O)[O-])ccc1NC(=O)/C(=C/c1ccc(OC)c(OC)c1)c1ccccc1. The van der Waals surface area contributed by atoms with Crippen molar-refractivity contribution >= 4 is 28.9 Å². The summed E-state index contributed by atoms with van der Waals surface area (Å²) in [5, 5.41) is 13.8. The quantitative estimate of drug-likeness (QED) is 0.237. The number of methoxy groups -OCH3 is 3. The number of hydrogen-bond acceptors (Lipinski definition) is 6. The zero-order valence-corrected chi connectivity index (χ0v) is 17.8. The summed E-state index contributed by atoms with van der Waals surface area (Å²) in [6, 6.07) is 18.5. The van der Waals surface area contributed by atoms with E-state index < -0.39 is 10.8 Å². The maximum absolute atomic E-state index is 13.3. The van der Waals surface area contributed by atoms with Gasteiger partial charge in [0.1, 0.15) is 5.75 Å². The Morgan fingerprint density at radius 2 is 1.56 bits per heavy atom. The van der Waals surface area contributed by atoms with Crippen molar-refractivity contribution in [3.05, 3.63) is 88.0 Å². The van der Waals surface area contributed by atoms with Gasteiger partial charge in [-0.1, -0.05) is 36.4 Å². The predicted octanol–water partition coefficient (Wildman–Crippen LogP) is 4.80. The lowest BCUT2D eigenvalue weighted by Gasteiger charge is -2.13. The van der Waals surface area contributed by atoms with Crippen molar-refractivity contribution in [2.75, 3.05) is 26.6 Å². The van der Waals surface area contributed by atoms with E-state index >= 15 is 0 Å². The van der Waals surface area contributed by atoms with Gasteiger partial charge in [0.2, 0.25) is 0 Å². The Morgan fingerprint density at radius 3 is 2.19 bits per heavy atom. The van der Waals surface area contributed by atoms with Gasteiger partial charge >= 0.3 is 0 Å². The number of carbonyl (C=O) groups excluding carboxylic acids is 1. The molecule has 3 rings (SSSR count). The van der Waals surface area contributed by atoms with Crippen molar-refractivity contribution in [2.24, 2.45) is 0 Å². The van der Waals surface area contributed by atoms with Gasteiger partial charge in [-0.2, -0.15) is 0 Å². The predicted molar refractivity (Wildman–Crippen MR) is 122 cm³/mol. The van der Waals surface area contributed by atoms with Crippen LogP contribution in [0.15, 0.2) is 66.7 Å². The molecule has 3 aromatic carbocycles. The van der Waals surface area contributed by atoms with Gasteiger partial charge in [-0.05, 0) is 35.4 Å². The number of nitrogens with one attached hydrogen (secondary N) is 1. The molecule has 0 spiro atoms. The average Bonchev–Trinajstić information content (AvgIpc) is 2.82. The third-order valence-corrected chi connectivity index (χ3v) is 4.69. The topological polar surface area (TPSA) is 99.9 Å². The third kappa shape index (κ3) is 5.04.